The van der Waals surface area contributed by atoms with Gasteiger partial charge in [-0.15, -0.1) is 0 Å². The van der Waals surface area contributed by atoms with E-state index >= 15 is 0 Å². The fourth-order valence-corrected chi connectivity index (χ4v) is 21.7. The Morgan fingerprint density at radius 1 is 0.279 bits per heavy atom. The second kappa shape index (κ2) is 45.4. The van der Waals surface area contributed by atoms with E-state index < -0.39 is 22.4 Å². The van der Waals surface area contributed by atoms with Gasteiger partial charge in [-0.25, -0.2) is 40.4 Å². The highest BCUT2D eigenvalue weighted by atomic mass is 16.5. The lowest BCUT2D eigenvalue weighted by atomic mass is 9.87. The van der Waals surface area contributed by atoms with Crippen molar-refractivity contribution >= 4 is 69.8 Å². The molecule has 4 spiro atoms. The van der Waals surface area contributed by atoms with E-state index in [9.17, 15) is 21.0 Å². The Balaban J connectivity index is 0.000000130. The van der Waals surface area contributed by atoms with Crippen molar-refractivity contribution in [3.8, 4) is 24.3 Å². The van der Waals surface area contributed by atoms with Gasteiger partial charge in [0.1, 0.15) is 45.4 Å². The molecule has 12 aromatic carbocycles. The average molecular weight is 1920 g/mol. The van der Waals surface area contributed by atoms with Crippen molar-refractivity contribution < 1.29 is 18.9 Å². The van der Waals surface area contributed by atoms with Gasteiger partial charge in [-0.05, 0) is 286 Å². The molecule has 5 aliphatic carbocycles. The number of ether oxygens (including phenoxy) is 4. The molecule has 16 nitrogen and oxygen atoms in total. The van der Waals surface area contributed by atoms with E-state index in [4.69, 9.17) is 45.2 Å². The molecule has 0 saturated carbocycles. The summed E-state index contributed by atoms with van der Waals surface area (Å²) in [6, 6.07) is 114. The van der Waals surface area contributed by atoms with Gasteiger partial charge in [-0.3, -0.25) is 0 Å². The highest BCUT2D eigenvalue weighted by molar-refractivity contribution is 5.81. The van der Waals surface area contributed by atoms with Gasteiger partial charge in [-0.1, -0.05) is 237 Å². The Labute approximate surface area is 864 Å². The summed E-state index contributed by atoms with van der Waals surface area (Å²) < 4.78 is 26.3. The number of fused-ring (bicyclic) bond motifs is 5. The number of anilines is 8. The minimum atomic E-state index is -0.477. The van der Waals surface area contributed by atoms with E-state index in [0.29, 0.717) is 48.7 Å². The summed E-state index contributed by atoms with van der Waals surface area (Å²) in [5, 5.41) is 38.2. The van der Waals surface area contributed by atoms with Crippen LogP contribution in [-0.2, 0) is 83.2 Å². The zero-order chi connectivity index (χ0) is 102. The maximum absolute atomic E-state index is 9.66. The Morgan fingerprint density at radius 2 is 0.531 bits per heavy atom. The molecular formula is C131H112N12O4. The summed E-state index contributed by atoms with van der Waals surface area (Å²) in [5.41, 5.74) is 28.3. The summed E-state index contributed by atoms with van der Waals surface area (Å²) in [4.78, 5) is 23.1. The predicted octanol–water partition coefficient (Wildman–Crippen LogP) is 30.1. The zero-order valence-corrected chi connectivity index (χ0v) is 83.2. The number of aryl methyl sites for hydroxylation is 1. The van der Waals surface area contributed by atoms with Gasteiger partial charge in [0.05, 0.1) is 50.6 Å². The second-order valence-electron chi connectivity index (χ2n) is 38.6. The molecule has 4 heterocycles. The first-order valence-electron chi connectivity index (χ1n) is 50.3. The molecule has 4 aliphatic heterocycles. The lowest BCUT2D eigenvalue weighted by Gasteiger charge is -2.35. The summed E-state index contributed by atoms with van der Waals surface area (Å²) >= 11 is 0. The average Bonchev–Trinajstić information content (AvgIpc) is 1.61. The second-order valence-corrected chi connectivity index (χ2v) is 38.6. The molecule has 16 heteroatoms. The van der Waals surface area contributed by atoms with Crippen LogP contribution in [0.2, 0.25) is 0 Å². The number of benzene rings is 12. The normalized spacial score (nSPS) is 17.4. The quantitative estimate of drug-likeness (QED) is 0.0557. The van der Waals surface area contributed by atoms with E-state index in [1.165, 1.54) is 85.5 Å². The minimum absolute atomic E-state index is 0.135. The van der Waals surface area contributed by atoms with Crippen molar-refractivity contribution in [1.29, 1.82) is 21.0 Å². The third-order valence-corrected chi connectivity index (χ3v) is 28.9. The Bertz CT molecular complexity index is 7520. The molecular weight excluding hydrogens is 1810 g/mol. The number of para-hydroxylation sites is 3. The maximum atomic E-state index is 9.66. The zero-order valence-electron chi connectivity index (χ0n) is 83.2. The number of nitrogens with zero attached hydrogens (tertiary/aromatic N) is 12. The van der Waals surface area contributed by atoms with Crippen LogP contribution in [0.1, 0.15) is 137 Å². The molecule has 720 valence electrons. The molecule has 0 amide bonds. The molecule has 0 radical (unpaired) electrons. The van der Waals surface area contributed by atoms with Crippen molar-refractivity contribution in [3.63, 3.8) is 0 Å². The van der Waals surface area contributed by atoms with Gasteiger partial charge in [0.25, 0.3) is 22.8 Å². The molecule has 147 heavy (non-hydrogen) atoms. The Morgan fingerprint density at radius 3 is 0.810 bits per heavy atom. The summed E-state index contributed by atoms with van der Waals surface area (Å²) in [6.07, 6.45) is 36.5. The van der Waals surface area contributed by atoms with Crippen LogP contribution in [0.4, 0.5) is 45.5 Å². The van der Waals surface area contributed by atoms with Crippen molar-refractivity contribution in [2.45, 2.75) is 146 Å². The fraction of sp³-hybridized carbons (Fsp3) is 0.206. The van der Waals surface area contributed by atoms with Crippen LogP contribution in [0.5, 0.6) is 0 Å². The van der Waals surface area contributed by atoms with Gasteiger partial charge >= 0.3 is 0 Å². The number of allylic oxidation sites excluding steroid dienone is 12. The Kier molecular flexibility index (Phi) is 30.6. The molecule has 12 aromatic rings. The van der Waals surface area contributed by atoms with Crippen LogP contribution in [-0.4, -0.2) is 49.1 Å². The third kappa shape index (κ3) is 23.0. The van der Waals surface area contributed by atoms with Gasteiger partial charge < -0.3 is 38.5 Å². The third-order valence-electron chi connectivity index (χ3n) is 28.9. The van der Waals surface area contributed by atoms with Crippen LogP contribution in [0.3, 0.4) is 0 Å². The smallest absolute Gasteiger partial charge is 0.265 e. The maximum Gasteiger partial charge on any atom is 0.265 e. The van der Waals surface area contributed by atoms with Crippen molar-refractivity contribution in [2.75, 3.05) is 46.3 Å². The van der Waals surface area contributed by atoms with E-state index in [0.717, 1.165) is 157 Å². The molecule has 9 aliphatic rings. The first-order valence-corrected chi connectivity index (χ1v) is 50.3. The molecule has 0 unspecified atom stereocenters. The largest absolute Gasteiger partial charge is 0.486 e. The standard InChI is InChI=1S/C40H33N3O.C36H27N3O.C28H27N3O.C27H25N3O/c1-42-38(28-41)33-24-36(44-40(27-33)25-31-11-5-6-12-32(31)26-40)23-20-29-18-21-35(22-19-29)43(34-14-3-2-4-15-34)39-17-9-13-30-10-7-8-16-37(30)39;1-38-35(26-37)30-22-34(40-36(25-30)23-28-10-8-9-11-29(28)24-36)21-18-27-16-19-33(20-17-27)39(31-12-4-2-5-13-31)32-14-6-3-7-15-32;1-4-31(5-2)25-13-10-21(11-14-25)12-15-26-16-24(27(20-29)30-3)19-28(32-26)17-22-8-6-7-9-23(22)18-28;1-4-30(3)24-12-9-20(10-13-24)11-14-25-15-23(26(19-28)29-2)18-27(31-25)16-21-7-5-6-8-22(21)17-27/h2-6,9,11-15,17-24H,7-8,10,16,25-27H2;2-22H,23-25H2;6-16H,4-5,17-19H2,1-2H3;5-15H,4,16-18H2,1,3H3/b23-20+,38-33+;21-18+,35-30+;15-12+,27-24+;14-11+,26-23+. The molecule has 0 atom stereocenters. The van der Waals surface area contributed by atoms with E-state index in [2.05, 4.69) is 340 Å². The molecule has 0 saturated heterocycles. The number of rotatable bonds is 19. The van der Waals surface area contributed by atoms with Crippen LogP contribution in [0, 0.1) is 71.6 Å². The molecule has 0 bridgehead atoms. The topological polar surface area (TPSA) is 162 Å². The lowest BCUT2D eigenvalue weighted by molar-refractivity contribution is 0.0104. The van der Waals surface area contributed by atoms with E-state index in [-0.39, 0.29) is 22.8 Å². The molecule has 0 N–H and O–H groups in total. The minimum Gasteiger partial charge on any atom is -0.486 e. The summed E-state index contributed by atoms with van der Waals surface area (Å²) in [7, 11) is 2.07. The molecule has 0 aromatic heterocycles. The van der Waals surface area contributed by atoms with E-state index in [1.807, 2.05) is 127 Å². The van der Waals surface area contributed by atoms with E-state index in [1.54, 1.807) is 0 Å². The lowest BCUT2D eigenvalue weighted by Crippen LogP contribution is -2.36. The summed E-state index contributed by atoms with van der Waals surface area (Å²) in [6.45, 7) is 39.3. The highest BCUT2D eigenvalue weighted by Crippen LogP contribution is 2.50. The van der Waals surface area contributed by atoms with Crippen molar-refractivity contribution in [2.24, 2.45) is 0 Å². The fourth-order valence-electron chi connectivity index (χ4n) is 21.7. The number of nitriles is 4. The Hall–Kier alpha value is -18.2. The monoisotopic (exact) mass is 1920 g/mol. The predicted molar refractivity (Wildman–Crippen MR) is 589 cm³/mol. The van der Waals surface area contributed by atoms with Crippen LogP contribution in [0.15, 0.2) is 420 Å². The van der Waals surface area contributed by atoms with Crippen LogP contribution in [0.25, 0.3) is 43.7 Å². The molecule has 21 rings (SSSR count). The highest BCUT2D eigenvalue weighted by Gasteiger charge is 2.47. The summed E-state index contributed by atoms with van der Waals surface area (Å²) in [5.74, 6) is 2.74. The first-order chi connectivity index (χ1) is 71.9. The van der Waals surface area contributed by atoms with Gasteiger partial charge in [0.15, 0.2) is 0 Å². The van der Waals surface area contributed by atoms with Gasteiger partial charge in [0.2, 0.25) is 0 Å². The SMILES string of the molecule is [C-]#[N+]/C(C#N)=C1C=C(/C=C/c2ccc(N(C)CC)cc2)OC2(C\1)Cc1ccccc1C2.[C-]#[N+]/C(C#N)=C1C=C(/C=C/c2ccc(N(CC)CC)cc2)OC2(C\1)Cc1ccccc1C2.[C-]#[N+]/C(C#N)=C1C=C(/C=C/c2ccc(N(c3ccccc3)c3cccc4c3CCCC4)cc2)OC2(C\1)Cc1ccccc1C2.[C-]#[N+]/C(C#N)=C1C=C(/C=C/c2ccc(N(c3ccccc3)c3ccccc3)cc2)OC2(C\1)Cc1ccccc1C2. The van der Waals surface area contributed by atoms with Gasteiger partial charge in [-0.2, -0.15) is 0 Å². The van der Waals surface area contributed by atoms with Crippen LogP contribution < -0.4 is 19.6 Å². The van der Waals surface area contributed by atoms with Gasteiger partial charge in [0, 0.05) is 149 Å². The molecule has 0 fully saturated rings. The first kappa shape index (κ1) is 99.0. The number of hydrogen-bond acceptors (Lipinski definition) is 12. The van der Waals surface area contributed by atoms with Crippen molar-refractivity contribution in [1.82, 2.24) is 0 Å². The number of hydrogen-bond donors (Lipinski definition) is 0. The van der Waals surface area contributed by atoms with Crippen LogP contribution >= 0.6 is 0 Å². The van der Waals surface area contributed by atoms with Crippen molar-refractivity contribution in [3.05, 3.63) is 544 Å².